The standard InChI is InChI=1S/C16H19NO/c1-17-16(11-13-7-4-3-5-8-13)14-9-6-10-15(12-14)18-2/h3-10,12,16-17H,11H2,1-2H3/t16-/m0/s1. The molecule has 0 saturated carbocycles. The fraction of sp³-hybridized carbons (Fsp3) is 0.250. The summed E-state index contributed by atoms with van der Waals surface area (Å²) in [5.41, 5.74) is 2.58. The fourth-order valence-electron chi connectivity index (χ4n) is 2.09. The van der Waals surface area contributed by atoms with Crippen LogP contribution in [0.4, 0.5) is 0 Å². The molecule has 0 aliphatic heterocycles. The van der Waals surface area contributed by atoms with E-state index in [-0.39, 0.29) is 0 Å². The zero-order valence-corrected chi connectivity index (χ0v) is 10.9. The lowest BCUT2D eigenvalue weighted by molar-refractivity contribution is 0.413. The molecule has 0 amide bonds. The van der Waals surface area contributed by atoms with Crippen LogP contribution in [0.3, 0.4) is 0 Å². The highest BCUT2D eigenvalue weighted by molar-refractivity contribution is 5.31. The highest BCUT2D eigenvalue weighted by Crippen LogP contribution is 2.22. The number of hydrogen-bond donors (Lipinski definition) is 1. The molecular weight excluding hydrogens is 222 g/mol. The van der Waals surface area contributed by atoms with E-state index < -0.39 is 0 Å². The number of benzene rings is 2. The Morgan fingerprint density at radius 1 is 1.06 bits per heavy atom. The van der Waals surface area contributed by atoms with Gasteiger partial charge in [-0.1, -0.05) is 42.5 Å². The smallest absolute Gasteiger partial charge is 0.119 e. The van der Waals surface area contributed by atoms with Gasteiger partial charge in [0.1, 0.15) is 5.75 Å². The number of hydrogen-bond acceptors (Lipinski definition) is 2. The van der Waals surface area contributed by atoms with E-state index in [1.54, 1.807) is 7.11 Å². The Morgan fingerprint density at radius 3 is 2.50 bits per heavy atom. The summed E-state index contributed by atoms with van der Waals surface area (Å²) in [6.45, 7) is 0. The van der Waals surface area contributed by atoms with E-state index in [1.807, 2.05) is 25.2 Å². The van der Waals surface area contributed by atoms with Crippen LogP contribution < -0.4 is 10.1 Å². The molecule has 18 heavy (non-hydrogen) atoms. The molecule has 2 aromatic rings. The SMILES string of the molecule is CN[C@@H](Cc1ccccc1)c1cccc(OC)c1. The summed E-state index contributed by atoms with van der Waals surface area (Å²) in [5, 5.41) is 3.36. The molecule has 0 fully saturated rings. The molecule has 2 rings (SSSR count). The molecular formula is C16H19NO. The molecule has 2 nitrogen and oxygen atoms in total. The maximum Gasteiger partial charge on any atom is 0.119 e. The van der Waals surface area contributed by atoms with E-state index in [2.05, 4.69) is 41.7 Å². The van der Waals surface area contributed by atoms with Gasteiger partial charge in [0.05, 0.1) is 7.11 Å². The van der Waals surface area contributed by atoms with Gasteiger partial charge in [0.15, 0.2) is 0 Å². The topological polar surface area (TPSA) is 21.3 Å². The summed E-state index contributed by atoms with van der Waals surface area (Å²) < 4.78 is 5.27. The predicted molar refractivity (Wildman–Crippen MR) is 74.9 cm³/mol. The molecule has 1 N–H and O–H groups in total. The summed E-state index contributed by atoms with van der Waals surface area (Å²) in [6.07, 6.45) is 0.977. The summed E-state index contributed by atoms with van der Waals surface area (Å²) in [4.78, 5) is 0. The number of ether oxygens (including phenoxy) is 1. The van der Waals surface area contributed by atoms with Crippen molar-refractivity contribution in [1.29, 1.82) is 0 Å². The van der Waals surface area contributed by atoms with E-state index in [4.69, 9.17) is 4.74 Å². The molecule has 0 radical (unpaired) electrons. The zero-order chi connectivity index (χ0) is 12.8. The van der Waals surface area contributed by atoms with Gasteiger partial charge < -0.3 is 10.1 Å². The average molecular weight is 241 g/mol. The van der Waals surface area contributed by atoms with Crippen molar-refractivity contribution in [2.24, 2.45) is 0 Å². The molecule has 0 aliphatic rings. The number of rotatable bonds is 5. The van der Waals surface area contributed by atoms with Gasteiger partial charge in [-0.2, -0.15) is 0 Å². The molecule has 94 valence electrons. The van der Waals surface area contributed by atoms with E-state index in [1.165, 1.54) is 11.1 Å². The number of likely N-dealkylation sites (N-methyl/N-ethyl adjacent to an activating group) is 1. The molecule has 2 aromatic carbocycles. The van der Waals surface area contributed by atoms with Crippen LogP contribution in [0.25, 0.3) is 0 Å². The molecule has 2 heteroatoms. The van der Waals surface area contributed by atoms with Crippen LogP contribution in [-0.4, -0.2) is 14.2 Å². The van der Waals surface area contributed by atoms with Crippen LogP contribution in [-0.2, 0) is 6.42 Å². The zero-order valence-electron chi connectivity index (χ0n) is 10.9. The van der Waals surface area contributed by atoms with Crippen molar-refractivity contribution < 1.29 is 4.74 Å². The summed E-state index contributed by atoms with van der Waals surface area (Å²) in [7, 11) is 3.69. The van der Waals surface area contributed by atoms with Crippen LogP contribution in [0.5, 0.6) is 5.75 Å². The molecule has 0 aliphatic carbocycles. The lowest BCUT2D eigenvalue weighted by Crippen LogP contribution is -2.18. The first kappa shape index (κ1) is 12.7. The molecule has 0 heterocycles. The third-order valence-electron chi connectivity index (χ3n) is 3.13. The van der Waals surface area contributed by atoms with Gasteiger partial charge in [0, 0.05) is 6.04 Å². The Hall–Kier alpha value is -1.80. The number of methoxy groups -OCH3 is 1. The van der Waals surface area contributed by atoms with Crippen molar-refractivity contribution in [1.82, 2.24) is 5.32 Å². The highest BCUT2D eigenvalue weighted by Gasteiger charge is 2.10. The molecule has 0 bridgehead atoms. The predicted octanol–water partition coefficient (Wildman–Crippen LogP) is 3.20. The highest BCUT2D eigenvalue weighted by atomic mass is 16.5. The van der Waals surface area contributed by atoms with Gasteiger partial charge in [-0.05, 0) is 36.7 Å². The molecule has 1 atom stereocenters. The van der Waals surface area contributed by atoms with Crippen LogP contribution in [0.15, 0.2) is 54.6 Å². The first-order valence-corrected chi connectivity index (χ1v) is 6.18. The molecule has 0 spiro atoms. The van der Waals surface area contributed by atoms with Gasteiger partial charge in [0.2, 0.25) is 0 Å². The van der Waals surface area contributed by atoms with Crippen LogP contribution in [0, 0.1) is 0 Å². The monoisotopic (exact) mass is 241 g/mol. The second kappa shape index (κ2) is 6.22. The van der Waals surface area contributed by atoms with Gasteiger partial charge in [-0.15, -0.1) is 0 Å². The summed E-state index contributed by atoms with van der Waals surface area (Å²) in [6, 6.07) is 19.0. The second-order valence-corrected chi connectivity index (χ2v) is 4.31. The quantitative estimate of drug-likeness (QED) is 0.868. The van der Waals surface area contributed by atoms with Crippen LogP contribution in [0.1, 0.15) is 17.2 Å². The maximum absolute atomic E-state index is 5.27. The third kappa shape index (κ3) is 3.11. The lowest BCUT2D eigenvalue weighted by Gasteiger charge is -2.17. The van der Waals surface area contributed by atoms with Crippen molar-refractivity contribution in [3.05, 3.63) is 65.7 Å². The van der Waals surface area contributed by atoms with E-state index in [9.17, 15) is 0 Å². The van der Waals surface area contributed by atoms with Crippen molar-refractivity contribution in [2.75, 3.05) is 14.2 Å². The average Bonchev–Trinajstić information content (AvgIpc) is 2.46. The fourth-order valence-corrected chi connectivity index (χ4v) is 2.09. The maximum atomic E-state index is 5.27. The summed E-state index contributed by atoms with van der Waals surface area (Å²) >= 11 is 0. The van der Waals surface area contributed by atoms with Crippen molar-refractivity contribution in [3.63, 3.8) is 0 Å². The Morgan fingerprint density at radius 2 is 1.83 bits per heavy atom. The van der Waals surface area contributed by atoms with Crippen molar-refractivity contribution in [2.45, 2.75) is 12.5 Å². The van der Waals surface area contributed by atoms with Crippen molar-refractivity contribution >= 4 is 0 Å². The van der Waals surface area contributed by atoms with Gasteiger partial charge in [-0.25, -0.2) is 0 Å². The van der Waals surface area contributed by atoms with E-state index in [0.717, 1.165) is 12.2 Å². The lowest BCUT2D eigenvalue weighted by atomic mass is 9.99. The van der Waals surface area contributed by atoms with Crippen LogP contribution in [0.2, 0.25) is 0 Å². The Bertz CT molecular complexity index is 481. The summed E-state index contributed by atoms with van der Waals surface area (Å²) in [5.74, 6) is 0.904. The second-order valence-electron chi connectivity index (χ2n) is 4.31. The largest absolute Gasteiger partial charge is 0.497 e. The van der Waals surface area contributed by atoms with Gasteiger partial charge in [-0.3, -0.25) is 0 Å². The minimum atomic E-state index is 0.308. The molecule has 0 aromatic heterocycles. The van der Waals surface area contributed by atoms with Gasteiger partial charge in [0.25, 0.3) is 0 Å². The van der Waals surface area contributed by atoms with Gasteiger partial charge >= 0.3 is 0 Å². The van der Waals surface area contributed by atoms with E-state index in [0.29, 0.717) is 6.04 Å². The number of nitrogens with one attached hydrogen (secondary N) is 1. The van der Waals surface area contributed by atoms with E-state index >= 15 is 0 Å². The first-order chi connectivity index (χ1) is 8.83. The molecule has 0 unspecified atom stereocenters. The molecule has 0 saturated heterocycles. The van der Waals surface area contributed by atoms with Crippen LogP contribution >= 0.6 is 0 Å². The Balaban J connectivity index is 2.17. The Kier molecular flexibility index (Phi) is 4.37. The normalized spacial score (nSPS) is 12.1. The minimum Gasteiger partial charge on any atom is -0.497 e. The third-order valence-corrected chi connectivity index (χ3v) is 3.13. The first-order valence-electron chi connectivity index (χ1n) is 6.18. The van der Waals surface area contributed by atoms with Crippen molar-refractivity contribution in [3.8, 4) is 5.75 Å². The Labute approximate surface area is 109 Å². The minimum absolute atomic E-state index is 0.308.